The lowest BCUT2D eigenvalue weighted by atomic mass is 9.86. The number of hydrogen-bond donors (Lipinski definition) is 1. The van der Waals surface area contributed by atoms with Crippen molar-refractivity contribution in [2.75, 3.05) is 0 Å². The van der Waals surface area contributed by atoms with Crippen LogP contribution < -0.4 is 5.73 Å². The van der Waals surface area contributed by atoms with Crippen LogP contribution in [0.1, 0.15) is 20.3 Å². The molecule has 0 aliphatic heterocycles. The van der Waals surface area contributed by atoms with Crippen LogP contribution in [0.15, 0.2) is 0 Å². The molecule has 0 spiro atoms. The fourth-order valence-electron chi connectivity index (χ4n) is 0.514. The molecular formula is C6H10F3NO. The maximum atomic E-state index is 12.1. The van der Waals surface area contributed by atoms with E-state index in [4.69, 9.17) is 0 Å². The van der Waals surface area contributed by atoms with E-state index in [1.54, 1.807) is 0 Å². The zero-order valence-electron chi connectivity index (χ0n) is 6.33. The average Bonchev–Trinajstić information content (AvgIpc) is 1.83. The molecule has 0 aromatic heterocycles. The first-order chi connectivity index (χ1) is 4.75. The molecule has 0 fully saturated rings. The summed E-state index contributed by atoms with van der Waals surface area (Å²) in [6.45, 7) is 2.08. The van der Waals surface area contributed by atoms with E-state index >= 15 is 0 Å². The summed E-state index contributed by atoms with van der Waals surface area (Å²) >= 11 is 0. The Labute approximate surface area is 62.6 Å². The van der Waals surface area contributed by atoms with Gasteiger partial charge < -0.3 is 5.73 Å². The van der Waals surface area contributed by atoms with Crippen LogP contribution in [0.25, 0.3) is 0 Å². The number of nitrogens with two attached hydrogens (primary N) is 1. The molecule has 1 atom stereocenters. The third-order valence-corrected chi connectivity index (χ3v) is 1.88. The zero-order valence-corrected chi connectivity index (χ0v) is 6.33. The Morgan fingerprint density at radius 2 is 1.82 bits per heavy atom. The van der Waals surface area contributed by atoms with Gasteiger partial charge in [-0.3, -0.25) is 4.79 Å². The van der Waals surface area contributed by atoms with Gasteiger partial charge in [0.15, 0.2) is 0 Å². The van der Waals surface area contributed by atoms with Gasteiger partial charge >= 0.3 is 6.18 Å². The number of primary amides is 1. The Morgan fingerprint density at radius 1 is 1.45 bits per heavy atom. The molecule has 11 heavy (non-hydrogen) atoms. The number of carbonyl (C=O) groups is 1. The first-order valence-corrected chi connectivity index (χ1v) is 3.12. The maximum Gasteiger partial charge on any atom is 0.402 e. The molecule has 0 heterocycles. The minimum absolute atomic E-state index is 0.328. The van der Waals surface area contributed by atoms with Crippen LogP contribution in [-0.4, -0.2) is 12.1 Å². The van der Waals surface area contributed by atoms with Gasteiger partial charge in [0.2, 0.25) is 5.91 Å². The van der Waals surface area contributed by atoms with Crippen molar-refractivity contribution in [3.8, 4) is 0 Å². The Kier molecular flexibility index (Phi) is 2.53. The van der Waals surface area contributed by atoms with Crippen molar-refractivity contribution in [3.05, 3.63) is 0 Å². The summed E-state index contributed by atoms with van der Waals surface area (Å²) in [5, 5.41) is 0. The van der Waals surface area contributed by atoms with Gasteiger partial charge in [-0.25, -0.2) is 0 Å². The zero-order chi connectivity index (χ0) is 9.28. The smallest absolute Gasteiger partial charge is 0.369 e. The molecule has 0 aromatic carbocycles. The summed E-state index contributed by atoms with van der Waals surface area (Å²) in [5.41, 5.74) is 2.23. The summed E-state index contributed by atoms with van der Waals surface area (Å²) in [6, 6.07) is 0. The van der Waals surface area contributed by atoms with Crippen LogP contribution in [0.2, 0.25) is 0 Å². The van der Waals surface area contributed by atoms with Crippen molar-refractivity contribution in [1.29, 1.82) is 0 Å². The van der Waals surface area contributed by atoms with E-state index in [0.717, 1.165) is 6.92 Å². The highest BCUT2D eigenvalue weighted by molar-refractivity contribution is 5.81. The minimum atomic E-state index is -4.55. The molecule has 1 amide bonds. The maximum absolute atomic E-state index is 12.1. The van der Waals surface area contributed by atoms with E-state index in [1.165, 1.54) is 6.92 Å². The van der Waals surface area contributed by atoms with Crippen molar-refractivity contribution in [1.82, 2.24) is 0 Å². The van der Waals surface area contributed by atoms with Crippen molar-refractivity contribution in [2.24, 2.45) is 11.1 Å². The number of rotatable bonds is 2. The highest BCUT2D eigenvalue weighted by Gasteiger charge is 2.54. The van der Waals surface area contributed by atoms with E-state index in [2.05, 4.69) is 5.73 Å². The number of carbonyl (C=O) groups excluding carboxylic acids is 1. The first-order valence-electron chi connectivity index (χ1n) is 3.12. The SMILES string of the molecule is CC[C@@](C)(C(N)=O)C(F)(F)F. The number of hydrogen-bond acceptors (Lipinski definition) is 1. The minimum Gasteiger partial charge on any atom is -0.369 e. The van der Waals surface area contributed by atoms with Crippen LogP contribution in [-0.2, 0) is 4.79 Å². The van der Waals surface area contributed by atoms with E-state index in [-0.39, 0.29) is 6.42 Å². The highest BCUT2D eigenvalue weighted by atomic mass is 19.4. The van der Waals surface area contributed by atoms with Crippen molar-refractivity contribution < 1.29 is 18.0 Å². The second kappa shape index (κ2) is 2.71. The molecule has 0 aromatic rings. The highest BCUT2D eigenvalue weighted by Crippen LogP contribution is 2.40. The van der Waals surface area contributed by atoms with Crippen LogP contribution in [0.3, 0.4) is 0 Å². The van der Waals surface area contributed by atoms with Gasteiger partial charge in [0.05, 0.1) is 0 Å². The molecule has 2 N–H and O–H groups in total. The lowest BCUT2D eigenvalue weighted by molar-refractivity contribution is -0.215. The third kappa shape index (κ3) is 1.64. The van der Waals surface area contributed by atoms with Crippen molar-refractivity contribution >= 4 is 5.91 Å². The summed E-state index contributed by atoms with van der Waals surface area (Å²) < 4.78 is 36.2. The Balaban J connectivity index is 4.75. The standard InChI is InChI=1S/C6H10F3NO/c1-3-5(2,4(10)11)6(7,8)9/h3H2,1-2H3,(H2,10,11)/t5-/m0/s1. The monoisotopic (exact) mass is 169 g/mol. The van der Waals surface area contributed by atoms with Gasteiger partial charge in [-0.05, 0) is 13.3 Å². The van der Waals surface area contributed by atoms with E-state index in [9.17, 15) is 18.0 Å². The average molecular weight is 169 g/mol. The predicted octanol–water partition coefficient (Wildman–Crippen LogP) is 1.45. The molecule has 0 rings (SSSR count). The molecule has 0 saturated carbocycles. The lowest BCUT2D eigenvalue weighted by Gasteiger charge is -2.26. The first kappa shape index (κ1) is 10.3. The van der Waals surface area contributed by atoms with Crippen LogP contribution in [0, 0.1) is 5.41 Å². The molecule has 2 nitrogen and oxygen atoms in total. The number of halogens is 3. The normalized spacial score (nSPS) is 17.5. The van der Waals surface area contributed by atoms with E-state index in [1.807, 2.05) is 0 Å². The summed E-state index contributed by atoms with van der Waals surface area (Å²) in [4.78, 5) is 10.4. The van der Waals surface area contributed by atoms with E-state index < -0.39 is 17.5 Å². The topological polar surface area (TPSA) is 43.1 Å². The van der Waals surface area contributed by atoms with Gasteiger partial charge in [0.25, 0.3) is 0 Å². The number of amides is 1. The molecule has 0 bridgehead atoms. The summed E-state index contributed by atoms with van der Waals surface area (Å²) in [6.07, 6.45) is -4.88. The fraction of sp³-hybridized carbons (Fsp3) is 0.833. The van der Waals surface area contributed by atoms with Crippen LogP contribution >= 0.6 is 0 Å². The molecule has 0 aliphatic rings. The number of alkyl halides is 3. The Hall–Kier alpha value is -0.740. The van der Waals surface area contributed by atoms with Gasteiger partial charge in [0.1, 0.15) is 5.41 Å². The summed E-state index contributed by atoms with van der Waals surface area (Å²) in [7, 11) is 0. The summed E-state index contributed by atoms with van der Waals surface area (Å²) in [5.74, 6) is -1.33. The molecule has 0 radical (unpaired) electrons. The van der Waals surface area contributed by atoms with E-state index in [0.29, 0.717) is 0 Å². The predicted molar refractivity (Wildman–Crippen MR) is 33.6 cm³/mol. The van der Waals surface area contributed by atoms with Gasteiger partial charge in [-0.1, -0.05) is 6.92 Å². The Morgan fingerprint density at radius 3 is 1.82 bits per heavy atom. The lowest BCUT2D eigenvalue weighted by Crippen LogP contribution is -2.45. The van der Waals surface area contributed by atoms with Crippen molar-refractivity contribution in [3.63, 3.8) is 0 Å². The third-order valence-electron chi connectivity index (χ3n) is 1.88. The molecular weight excluding hydrogens is 159 g/mol. The van der Waals surface area contributed by atoms with Crippen molar-refractivity contribution in [2.45, 2.75) is 26.4 Å². The van der Waals surface area contributed by atoms with Crippen LogP contribution in [0.5, 0.6) is 0 Å². The van der Waals surface area contributed by atoms with Gasteiger partial charge in [0, 0.05) is 0 Å². The quantitative estimate of drug-likeness (QED) is 0.667. The second-order valence-electron chi connectivity index (χ2n) is 2.55. The molecule has 0 aliphatic carbocycles. The molecule has 66 valence electrons. The molecule has 5 heteroatoms. The fourth-order valence-corrected chi connectivity index (χ4v) is 0.514. The van der Waals surface area contributed by atoms with Gasteiger partial charge in [-0.15, -0.1) is 0 Å². The second-order valence-corrected chi connectivity index (χ2v) is 2.55. The van der Waals surface area contributed by atoms with Gasteiger partial charge in [-0.2, -0.15) is 13.2 Å². The largest absolute Gasteiger partial charge is 0.402 e. The van der Waals surface area contributed by atoms with Crippen LogP contribution in [0.4, 0.5) is 13.2 Å². The molecule has 0 saturated heterocycles. The Bertz CT molecular complexity index is 166. The molecule has 0 unspecified atom stereocenters.